The molecule has 0 saturated heterocycles. The summed E-state index contributed by atoms with van der Waals surface area (Å²) in [6.07, 6.45) is 16.3. The lowest BCUT2D eigenvalue weighted by Crippen LogP contribution is -2.13. The van der Waals surface area contributed by atoms with Gasteiger partial charge < -0.3 is 4.74 Å². The number of carbonyl (C=O) groups is 1. The average molecular weight is 293 g/mol. The van der Waals surface area contributed by atoms with Gasteiger partial charge >= 0.3 is 5.97 Å². The van der Waals surface area contributed by atoms with Gasteiger partial charge in [-0.3, -0.25) is 4.79 Å². The Morgan fingerprint density at radius 3 is 2.14 bits per heavy atom. The van der Waals surface area contributed by atoms with Crippen molar-refractivity contribution in [1.29, 1.82) is 5.26 Å². The normalized spacial score (nSPS) is 12.2. The van der Waals surface area contributed by atoms with Crippen LogP contribution in [0.3, 0.4) is 0 Å². The summed E-state index contributed by atoms with van der Waals surface area (Å²) >= 11 is 0. The van der Waals surface area contributed by atoms with Crippen molar-refractivity contribution in [1.82, 2.24) is 0 Å². The number of esters is 1. The molecular formula is C18H31NO2. The fourth-order valence-electron chi connectivity index (χ4n) is 2.21. The molecule has 3 nitrogen and oxygen atoms in total. The van der Waals surface area contributed by atoms with E-state index in [4.69, 9.17) is 10.00 Å². The van der Waals surface area contributed by atoms with Crippen molar-refractivity contribution >= 4 is 5.97 Å². The van der Waals surface area contributed by atoms with E-state index in [1.165, 1.54) is 51.4 Å². The molecule has 0 N–H and O–H groups in total. The van der Waals surface area contributed by atoms with Crippen molar-refractivity contribution in [2.75, 3.05) is 6.61 Å². The second kappa shape index (κ2) is 15.1. The molecule has 0 heterocycles. The van der Waals surface area contributed by atoms with Gasteiger partial charge in [-0.1, -0.05) is 70.4 Å². The van der Waals surface area contributed by atoms with Gasteiger partial charge in [-0.15, -0.1) is 0 Å². The van der Waals surface area contributed by atoms with Crippen LogP contribution in [-0.4, -0.2) is 12.6 Å². The Kier molecular flexibility index (Phi) is 14.2. The minimum atomic E-state index is -0.747. The van der Waals surface area contributed by atoms with Crippen molar-refractivity contribution in [3.8, 4) is 6.07 Å². The maximum Gasteiger partial charge on any atom is 0.327 e. The van der Waals surface area contributed by atoms with E-state index in [2.05, 4.69) is 6.92 Å². The number of nitriles is 1. The highest BCUT2D eigenvalue weighted by atomic mass is 16.5. The highest BCUT2D eigenvalue weighted by Crippen LogP contribution is 2.11. The lowest BCUT2D eigenvalue weighted by Gasteiger charge is -2.03. The number of unbranched alkanes of at least 4 members (excludes halogenated alkanes) is 9. The molecule has 0 aliphatic rings. The van der Waals surface area contributed by atoms with Crippen LogP contribution in [0.2, 0.25) is 0 Å². The zero-order chi connectivity index (χ0) is 15.8. The zero-order valence-corrected chi connectivity index (χ0v) is 13.8. The number of nitrogens with zero attached hydrogens (tertiary/aromatic N) is 1. The van der Waals surface area contributed by atoms with Gasteiger partial charge in [-0.25, -0.2) is 0 Å². The lowest BCUT2D eigenvalue weighted by molar-refractivity contribution is -0.144. The number of hydrogen-bond donors (Lipinski definition) is 0. The van der Waals surface area contributed by atoms with Crippen molar-refractivity contribution in [3.05, 3.63) is 12.2 Å². The summed E-state index contributed by atoms with van der Waals surface area (Å²) in [6, 6.07) is 1.96. The summed E-state index contributed by atoms with van der Waals surface area (Å²) in [5, 5.41) is 8.88. The smallest absolute Gasteiger partial charge is 0.327 e. The molecule has 0 saturated carbocycles. The Labute approximate surface area is 130 Å². The monoisotopic (exact) mass is 293 g/mol. The maximum atomic E-state index is 11.4. The standard InChI is InChI=1S/C18H31NO2/c1-3-5-6-7-8-9-10-11-12-13-14-15-17(16-19)18(20)21-4-2/h14-15,17H,3-13H2,1-2H3/b15-14+/t17-/m1/s1. The van der Waals surface area contributed by atoms with E-state index in [0.717, 1.165) is 12.8 Å². The van der Waals surface area contributed by atoms with Crippen LogP contribution >= 0.6 is 0 Å². The van der Waals surface area contributed by atoms with Gasteiger partial charge in [0.05, 0.1) is 12.7 Å². The number of hydrogen-bond acceptors (Lipinski definition) is 3. The zero-order valence-electron chi connectivity index (χ0n) is 13.8. The highest BCUT2D eigenvalue weighted by Gasteiger charge is 2.14. The Bertz CT molecular complexity index is 318. The summed E-state index contributed by atoms with van der Waals surface area (Å²) in [7, 11) is 0. The quantitative estimate of drug-likeness (QED) is 0.267. The number of allylic oxidation sites excluding steroid dienone is 1. The maximum absolute atomic E-state index is 11.4. The van der Waals surface area contributed by atoms with Crippen LogP contribution in [0.15, 0.2) is 12.2 Å². The van der Waals surface area contributed by atoms with Gasteiger partial charge in [0.2, 0.25) is 0 Å². The first-order valence-corrected chi connectivity index (χ1v) is 8.49. The Hall–Kier alpha value is -1.30. The molecular weight excluding hydrogens is 262 g/mol. The molecule has 0 amide bonds. The summed E-state index contributed by atoms with van der Waals surface area (Å²) in [5.41, 5.74) is 0. The molecule has 0 aromatic heterocycles. The Morgan fingerprint density at radius 1 is 1.05 bits per heavy atom. The van der Waals surface area contributed by atoms with E-state index in [-0.39, 0.29) is 0 Å². The Balaban J connectivity index is 3.50. The fraction of sp³-hybridized carbons (Fsp3) is 0.778. The lowest BCUT2D eigenvalue weighted by atomic mass is 10.1. The topological polar surface area (TPSA) is 50.1 Å². The first-order valence-electron chi connectivity index (χ1n) is 8.49. The molecule has 0 aliphatic heterocycles. The van der Waals surface area contributed by atoms with E-state index in [9.17, 15) is 4.79 Å². The van der Waals surface area contributed by atoms with Gasteiger partial charge in [-0.05, 0) is 19.8 Å². The minimum absolute atomic E-state index is 0.323. The number of carbonyl (C=O) groups excluding carboxylic acids is 1. The second-order valence-electron chi connectivity index (χ2n) is 5.40. The molecule has 120 valence electrons. The third kappa shape index (κ3) is 12.2. The van der Waals surface area contributed by atoms with Gasteiger partial charge in [0.1, 0.15) is 0 Å². The van der Waals surface area contributed by atoms with Crippen LogP contribution in [0.1, 0.15) is 78.1 Å². The molecule has 0 rings (SSSR count). The van der Waals surface area contributed by atoms with Gasteiger partial charge in [0, 0.05) is 0 Å². The van der Waals surface area contributed by atoms with Crippen molar-refractivity contribution in [2.24, 2.45) is 5.92 Å². The van der Waals surface area contributed by atoms with Gasteiger partial charge in [0.25, 0.3) is 0 Å². The molecule has 3 heteroatoms. The first-order chi connectivity index (χ1) is 10.3. The van der Waals surface area contributed by atoms with Crippen LogP contribution in [0, 0.1) is 17.2 Å². The van der Waals surface area contributed by atoms with E-state index in [1.807, 2.05) is 12.1 Å². The molecule has 1 atom stereocenters. The molecule has 0 bridgehead atoms. The van der Waals surface area contributed by atoms with Crippen LogP contribution in [0.5, 0.6) is 0 Å². The van der Waals surface area contributed by atoms with Crippen molar-refractivity contribution < 1.29 is 9.53 Å². The minimum Gasteiger partial charge on any atom is -0.465 e. The SMILES string of the molecule is CCCCCCCCCCC/C=C/[C@H](C#N)C(=O)OCC. The summed E-state index contributed by atoms with van der Waals surface area (Å²) in [4.78, 5) is 11.4. The molecule has 0 unspecified atom stereocenters. The third-order valence-electron chi connectivity index (χ3n) is 3.48. The Morgan fingerprint density at radius 2 is 1.62 bits per heavy atom. The molecule has 0 fully saturated rings. The fourth-order valence-corrected chi connectivity index (χ4v) is 2.21. The van der Waals surface area contributed by atoms with E-state index >= 15 is 0 Å². The summed E-state index contributed by atoms with van der Waals surface area (Å²) in [6.45, 7) is 4.31. The van der Waals surface area contributed by atoms with E-state index < -0.39 is 11.9 Å². The van der Waals surface area contributed by atoms with E-state index in [0.29, 0.717) is 6.61 Å². The van der Waals surface area contributed by atoms with Crippen LogP contribution in [-0.2, 0) is 9.53 Å². The molecule has 0 aliphatic carbocycles. The average Bonchev–Trinajstić information content (AvgIpc) is 2.48. The van der Waals surface area contributed by atoms with Gasteiger partial charge in [-0.2, -0.15) is 5.26 Å². The van der Waals surface area contributed by atoms with Crippen molar-refractivity contribution in [3.63, 3.8) is 0 Å². The molecule has 21 heavy (non-hydrogen) atoms. The molecule has 0 aromatic rings. The predicted octanol–water partition coefficient (Wildman–Crippen LogP) is 5.17. The molecule has 0 spiro atoms. The van der Waals surface area contributed by atoms with Crippen LogP contribution in [0.25, 0.3) is 0 Å². The predicted molar refractivity (Wildman–Crippen MR) is 86.7 cm³/mol. The number of ether oxygens (including phenoxy) is 1. The van der Waals surface area contributed by atoms with Crippen molar-refractivity contribution in [2.45, 2.75) is 78.1 Å². The third-order valence-corrected chi connectivity index (χ3v) is 3.48. The van der Waals surface area contributed by atoms with Crippen LogP contribution in [0.4, 0.5) is 0 Å². The summed E-state index contributed by atoms with van der Waals surface area (Å²) < 4.78 is 4.83. The highest BCUT2D eigenvalue weighted by molar-refractivity contribution is 5.77. The summed E-state index contributed by atoms with van der Waals surface area (Å²) in [5.74, 6) is -1.19. The molecule has 0 aromatic carbocycles. The number of rotatable bonds is 13. The molecule has 0 radical (unpaired) electrons. The van der Waals surface area contributed by atoms with Crippen LogP contribution < -0.4 is 0 Å². The van der Waals surface area contributed by atoms with E-state index in [1.54, 1.807) is 13.0 Å². The second-order valence-corrected chi connectivity index (χ2v) is 5.40. The largest absolute Gasteiger partial charge is 0.465 e. The van der Waals surface area contributed by atoms with Gasteiger partial charge in [0.15, 0.2) is 5.92 Å². The first kappa shape index (κ1) is 19.7.